The Kier molecular flexibility index (Phi) is 5.66. The van der Waals surface area contributed by atoms with Crippen molar-refractivity contribution in [3.05, 3.63) is 34.3 Å². The van der Waals surface area contributed by atoms with Crippen molar-refractivity contribution < 1.29 is 14.3 Å². The fraction of sp³-hybridized carbons (Fsp3) is 0.474. The Hall–Kier alpha value is -2.28. The highest BCUT2D eigenvalue weighted by atomic mass is 32.1. The summed E-state index contributed by atoms with van der Waals surface area (Å²) in [4.78, 5) is 17.8. The number of hydrogen-bond donors (Lipinski definition) is 2. The molecule has 1 atom stereocenters. The second kappa shape index (κ2) is 7.95. The van der Waals surface area contributed by atoms with Crippen LogP contribution in [-0.2, 0) is 0 Å². The molecule has 0 saturated heterocycles. The van der Waals surface area contributed by atoms with E-state index in [1.807, 2.05) is 25.1 Å². The van der Waals surface area contributed by atoms with Crippen LogP contribution in [0.15, 0.2) is 18.2 Å². The number of carbonyl (C=O) groups is 1. The number of nitrogens with one attached hydrogen (secondary N) is 2. The predicted molar refractivity (Wildman–Crippen MR) is 103 cm³/mol. The largest absolute Gasteiger partial charge is 0.490 e. The van der Waals surface area contributed by atoms with Gasteiger partial charge < -0.3 is 20.1 Å². The van der Waals surface area contributed by atoms with E-state index in [9.17, 15) is 4.79 Å². The minimum atomic E-state index is -0.126. The molecule has 1 aromatic heterocycles. The topological polar surface area (TPSA) is 72.5 Å². The number of amides is 1. The maximum Gasteiger partial charge on any atom is 0.263 e. The zero-order valence-corrected chi connectivity index (χ0v) is 16.4. The van der Waals surface area contributed by atoms with Gasteiger partial charge in [-0.1, -0.05) is 31.3 Å². The van der Waals surface area contributed by atoms with Crippen molar-refractivity contribution in [2.45, 2.75) is 33.2 Å². The van der Waals surface area contributed by atoms with E-state index in [1.165, 1.54) is 11.3 Å². The molecule has 1 aliphatic heterocycles. The van der Waals surface area contributed by atoms with Gasteiger partial charge in [0.1, 0.15) is 4.88 Å². The molecule has 140 valence electrons. The molecule has 0 fully saturated rings. The second-order valence-electron chi connectivity index (χ2n) is 6.64. The Bertz CT molecular complexity index is 788. The molecule has 26 heavy (non-hydrogen) atoms. The lowest BCUT2D eigenvalue weighted by molar-refractivity contribution is 0.0929. The molecule has 0 spiro atoms. The molecule has 0 unspecified atom stereocenters. The average Bonchev–Trinajstić information content (AvgIpc) is 2.85. The summed E-state index contributed by atoms with van der Waals surface area (Å²) in [6.45, 7) is 7.33. The van der Waals surface area contributed by atoms with E-state index in [-0.39, 0.29) is 17.9 Å². The van der Waals surface area contributed by atoms with E-state index in [0.717, 1.165) is 34.3 Å². The van der Waals surface area contributed by atoms with Crippen molar-refractivity contribution in [1.29, 1.82) is 0 Å². The van der Waals surface area contributed by atoms with Gasteiger partial charge >= 0.3 is 0 Å². The maximum absolute atomic E-state index is 12.8. The monoisotopic (exact) mass is 375 g/mol. The van der Waals surface area contributed by atoms with E-state index < -0.39 is 0 Å². The highest BCUT2D eigenvalue weighted by molar-refractivity contribution is 7.17. The summed E-state index contributed by atoms with van der Waals surface area (Å²) >= 11 is 1.36. The van der Waals surface area contributed by atoms with E-state index in [1.54, 1.807) is 7.05 Å². The molecule has 0 aliphatic carbocycles. The van der Waals surface area contributed by atoms with Crippen molar-refractivity contribution >= 4 is 22.4 Å². The molecule has 1 amide bonds. The Morgan fingerprint density at radius 3 is 2.62 bits per heavy atom. The maximum atomic E-state index is 12.8. The summed E-state index contributed by atoms with van der Waals surface area (Å²) in [5.41, 5.74) is 1.74. The fourth-order valence-corrected chi connectivity index (χ4v) is 3.75. The molecule has 2 aromatic rings. The van der Waals surface area contributed by atoms with E-state index >= 15 is 0 Å². The number of fused-ring (bicyclic) bond motifs is 1. The lowest BCUT2D eigenvalue weighted by Crippen LogP contribution is -2.31. The van der Waals surface area contributed by atoms with Gasteiger partial charge in [-0.2, -0.15) is 0 Å². The van der Waals surface area contributed by atoms with Gasteiger partial charge in [0.05, 0.1) is 24.9 Å². The number of rotatable bonds is 5. The number of nitrogens with zero attached hydrogens (tertiary/aromatic N) is 1. The quantitative estimate of drug-likeness (QED) is 0.832. The lowest BCUT2D eigenvalue weighted by Gasteiger charge is -2.23. The first-order valence-corrected chi connectivity index (χ1v) is 9.67. The highest BCUT2D eigenvalue weighted by Crippen LogP contribution is 2.34. The van der Waals surface area contributed by atoms with Crippen molar-refractivity contribution in [3.8, 4) is 11.5 Å². The summed E-state index contributed by atoms with van der Waals surface area (Å²) in [5.74, 6) is 1.62. The van der Waals surface area contributed by atoms with Gasteiger partial charge in [-0.3, -0.25) is 4.79 Å². The minimum Gasteiger partial charge on any atom is -0.490 e. The van der Waals surface area contributed by atoms with E-state index in [2.05, 4.69) is 29.5 Å². The van der Waals surface area contributed by atoms with Gasteiger partial charge in [0, 0.05) is 13.5 Å². The van der Waals surface area contributed by atoms with Crippen molar-refractivity contribution in [3.63, 3.8) is 0 Å². The predicted octanol–water partition coefficient (Wildman–Crippen LogP) is 3.78. The van der Waals surface area contributed by atoms with Crippen LogP contribution in [0.1, 0.15) is 47.2 Å². The molecule has 2 N–H and O–H groups in total. The Balaban J connectivity index is 1.84. The minimum absolute atomic E-state index is 0.104. The molecular weight excluding hydrogens is 350 g/mol. The van der Waals surface area contributed by atoms with Crippen LogP contribution >= 0.6 is 11.3 Å². The summed E-state index contributed by atoms with van der Waals surface area (Å²) in [5, 5.41) is 6.89. The molecule has 0 bridgehead atoms. The molecular formula is C19H25N3O3S. The van der Waals surface area contributed by atoms with Crippen LogP contribution in [0.25, 0.3) is 0 Å². The number of benzene rings is 1. The SMILES string of the molecule is CNc1nc(C)c(C(=O)N[C@@H](c2ccc3c(c2)OCCCO3)C(C)C)s1. The third kappa shape index (κ3) is 3.93. The van der Waals surface area contributed by atoms with Gasteiger partial charge in [0.2, 0.25) is 0 Å². The molecule has 2 heterocycles. The van der Waals surface area contributed by atoms with Gasteiger partial charge in [-0.25, -0.2) is 4.98 Å². The first-order chi connectivity index (χ1) is 12.5. The Morgan fingerprint density at radius 1 is 1.23 bits per heavy atom. The third-order valence-corrected chi connectivity index (χ3v) is 5.47. The molecule has 6 nitrogen and oxygen atoms in total. The zero-order chi connectivity index (χ0) is 18.7. The van der Waals surface area contributed by atoms with E-state index in [4.69, 9.17) is 9.47 Å². The molecule has 1 aliphatic rings. The normalized spacial score (nSPS) is 14.7. The van der Waals surface area contributed by atoms with Crippen molar-refractivity contribution in [2.75, 3.05) is 25.6 Å². The zero-order valence-electron chi connectivity index (χ0n) is 15.6. The number of aromatic nitrogens is 1. The Morgan fingerprint density at radius 2 is 1.96 bits per heavy atom. The third-order valence-electron chi connectivity index (χ3n) is 4.30. The fourth-order valence-electron chi connectivity index (χ4n) is 2.93. The number of hydrogen-bond acceptors (Lipinski definition) is 6. The number of ether oxygens (including phenoxy) is 2. The molecule has 7 heteroatoms. The summed E-state index contributed by atoms with van der Waals surface area (Å²) in [6, 6.07) is 5.77. The van der Waals surface area contributed by atoms with E-state index in [0.29, 0.717) is 18.1 Å². The average molecular weight is 375 g/mol. The van der Waals surface area contributed by atoms with Crippen LogP contribution in [0.3, 0.4) is 0 Å². The standard InChI is InChI=1S/C19H25N3O3S/c1-11(2)16(22-18(23)17-12(3)21-19(20-4)26-17)13-6-7-14-15(10-13)25-9-5-8-24-14/h6-7,10-11,16H,5,8-9H2,1-4H3,(H,20,21)(H,22,23)/t16-/m1/s1. The van der Waals surface area contributed by atoms with Crippen molar-refractivity contribution in [1.82, 2.24) is 10.3 Å². The van der Waals surface area contributed by atoms with Crippen LogP contribution in [0, 0.1) is 12.8 Å². The smallest absolute Gasteiger partial charge is 0.263 e. The number of anilines is 1. The molecule has 3 rings (SSSR count). The van der Waals surface area contributed by atoms with Crippen LogP contribution < -0.4 is 20.1 Å². The van der Waals surface area contributed by atoms with Crippen LogP contribution in [0.2, 0.25) is 0 Å². The highest BCUT2D eigenvalue weighted by Gasteiger charge is 2.24. The Labute approximate surface area is 157 Å². The number of carbonyl (C=O) groups excluding carboxylic acids is 1. The van der Waals surface area contributed by atoms with Gasteiger partial charge in [-0.15, -0.1) is 0 Å². The second-order valence-corrected chi connectivity index (χ2v) is 7.63. The lowest BCUT2D eigenvalue weighted by atomic mass is 9.95. The number of aryl methyl sites for hydroxylation is 1. The van der Waals surface area contributed by atoms with Crippen LogP contribution in [-0.4, -0.2) is 31.2 Å². The van der Waals surface area contributed by atoms with Crippen LogP contribution in [0.4, 0.5) is 5.13 Å². The van der Waals surface area contributed by atoms with Gasteiger partial charge in [-0.05, 0) is 30.5 Å². The summed E-state index contributed by atoms with van der Waals surface area (Å²) in [6.07, 6.45) is 0.868. The number of thiazole rings is 1. The molecule has 0 saturated carbocycles. The first-order valence-electron chi connectivity index (χ1n) is 8.85. The van der Waals surface area contributed by atoms with Crippen molar-refractivity contribution in [2.24, 2.45) is 5.92 Å². The summed E-state index contributed by atoms with van der Waals surface area (Å²) < 4.78 is 11.5. The summed E-state index contributed by atoms with van der Waals surface area (Å²) in [7, 11) is 1.80. The van der Waals surface area contributed by atoms with Crippen LogP contribution in [0.5, 0.6) is 11.5 Å². The molecule has 1 aromatic carbocycles. The first kappa shape index (κ1) is 18.5. The van der Waals surface area contributed by atoms with Gasteiger partial charge in [0.25, 0.3) is 5.91 Å². The van der Waals surface area contributed by atoms with Gasteiger partial charge in [0.15, 0.2) is 16.6 Å². The molecule has 0 radical (unpaired) electrons.